The number of rotatable bonds is 5. The number of carbonyl (C=O) groups excluding carboxylic acids is 1. The minimum Gasteiger partial charge on any atom is -0.396 e. The first-order valence-electron chi connectivity index (χ1n) is 6.16. The van der Waals surface area contributed by atoms with Crippen molar-refractivity contribution in [1.82, 2.24) is 10.3 Å². The van der Waals surface area contributed by atoms with E-state index in [2.05, 4.69) is 10.3 Å². The van der Waals surface area contributed by atoms with Crippen LogP contribution in [0.5, 0.6) is 0 Å². The van der Waals surface area contributed by atoms with Gasteiger partial charge in [0.1, 0.15) is 11.8 Å². The Morgan fingerprint density at radius 3 is 2.74 bits per heavy atom. The summed E-state index contributed by atoms with van der Waals surface area (Å²) in [5.74, 6) is -0.265. The molecule has 0 bridgehead atoms. The van der Waals surface area contributed by atoms with Crippen LogP contribution in [0.2, 0.25) is 0 Å². The molecule has 5 heteroatoms. The first-order chi connectivity index (χ1) is 8.89. The highest BCUT2D eigenvalue weighted by Gasteiger charge is 2.19. The zero-order valence-corrected chi connectivity index (χ0v) is 11.5. The summed E-state index contributed by atoms with van der Waals surface area (Å²) in [4.78, 5) is 16.0. The molecule has 0 atom stereocenters. The molecule has 0 aliphatic rings. The van der Waals surface area contributed by atoms with Crippen LogP contribution in [-0.2, 0) is 0 Å². The molecule has 2 N–H and O–H groups in total. The molecule has 0 saturated carbocycles. The molecule has 0 fully saturated rings. The van der Waals surface area contributed by atoms with Crippen LogP contribution in [0.3, 0.4) is 0 Å². The van der Waals surface area contributed by atoms with E-state index in [1.165, 1.54) is 0 Å². The molecule has 5 nitrogen and oxygen atoms in total. The number of aliphatic hydroxyl groups excluding tert-OH is 1. The number of aliphatic hydroxyl groups is 1. The monoisotopic (exact) mass is 261 g/mol. The third-order valence-electron chi connectivity index (χ3n) is 2.95. The molecule has 1 amide bonds. The van der Waals surface area contributed by atoms with Gasteiger partial charge in [0.25, 0.3) is 5.91 Å². The average Bonchev–Trinajstić information content (AvgIpc) is 2.36. The number of amides is 1. The number of aryl methyl sites for hydroxylation is 1. The Labute approximate surface area is 113 Å². The summed E-state index contributed by atoms with van der Waals surface area (Å²) in [6.07, 6.45) is 0.618. The highest BCUT2D eigenvalue weighted by Crippen LogP contribution is 2.18. The summed E-state index contributed by atoms with van der Waals surface area (Å²) in [5, 5.41) is 20.5. The van der Waals surface area contributed by atoms with Gasteiger partial charge in [0.05, 0.1) is 11.3 Å². The van der Waals surface area contributed by atoms with Gasteiger partial charge in [0.2, 0.25) is 0 Å². The van der Waals surface area contributed by atoms with Crippen LogP contribution in [0, 0.1) is 23.7 Å². The minimum absolute atomic E-state index is 0.0943. The van der Waals surface area contributed by atoms with Crippen molar-refractivity contribution in [3.63, 3.8) is 0 Å². The first kappa shape index (κ1) is 15.1. The molecule has 1 aromatic rings. The molecular formula is C14H19N3O2. The van der Waals surface area contributed by atoms with Crippen molar-refractivity contribution >= 4 is 5.91 Å². The number of hydrogen-bond acceptors (Lipinski definition) is 4. The third kappa shape index (κ3) is 4.34. The van der Waals surface area contributed by atoms with Gasteiger partial charge in [-0.3, -0.25) is 4.79 Å². The molecule has 19 heavy (non-hydrogen) atoms. The normalized spacial score (nSPS) is 10.9. The third-order valence-corrected chi connectivity index (χ3v) is 2.95. The summed E-state index contributed by atoms with van der Waals surface area (Å²) in [6, 6.07) is 5.15. The fourth-order valence-electron chi connectivity index (χ4n) is 1.61. The van der Waals surface area contributed by atoms with E-state index >= 15 is 0 Å². The lowest BCUT2D eigenvalue weighted by Gasteiger charge is -2.23. The highest BCUT2D eigenvalue weighted by molar-refractivity contribution is 5.92. The average molecular weight is 261 g/mol. The Morgan fingerprint density at radius 2 is 2.21 bits per heavy atom. The van der Waals surface area contributed by atoms with E-state index in [0.29, 0.717) is 29.9 Å². The van der Waals surface area contributed by atoms with Gasteiger partial charge in [-0.2, -0.15) is 5.26 Å². The van der Waals surface area contributed by atoms with Gasteiger partial charge in [-0.05, 0) is 30.9 Å². The fourth-order valence-corrected chi connectivity index (χ4v) is 1.61. The maximum atomic E-state index is 11.9. The molecule has 0 radical (unpaired) electrons. The summed E-state index contributed by atoms with van der Waals surface area (Å²) in [6.45, 7) is 6.21. The molecule has 0 spiro atoms. The van der Waals surface area contributed by atoms with Crippen molar-refractivity contribution in [2.24, 2.45) is 5.41 Å². The van der Waals surface area contributed by atoms with Crippen LogP contribution >= 0.6 is 0 Å². The van der Waals surface area contributed by atoms with Gasteiger partial charge in [0.15, 0.2) is 0 Å². The first-order valence-corrected chi connectivity index (χ1v) is 6.16. The van der Waals surface area contributed by atoms with Gasteiger partial charge >= 0.3 is 0 Å². The molecule has 0 aliphatic heterocycles. The Kier molecular flexibility index (Phi) is 5.02. The second-order valence-corrected chi connectivity index (χ2v) is 5.26. The van der Waals surface area contributed by atoms with E-state index in [1.807, 2.05) is 19.9 Å². The maximum Gasteiger partial charge on any atom is 0.269 e. The Balaban J connectivity index is 2.69. The molecule has 0 aromatic carbocycles. The fraction of sp³-hybridized carbons (Fsp3) is 0.500. The van der Waals surface area contributed by atoms with Gasteiger partial charge in [-0.1, -0.05) is 13.8 Å². The van der Waals surface area contributed by atoms with E-state index in [-0.39, 0.29) is 17.9 Å². The van der Waals surface area contributed by atoms with Crippen molar-refractivity contribution in [2.45, 2.75) is 27.2 Å². The molecule has 0 unspecified atom stereocenters. The van der Waals surface area contributed by atoms with E-state index in [0.717, 1.165) is 0 Å². The SMILES string of the molecule is Cc1nc(C(=O)NCC(C)(C)CCO)ccc1C#N. The number of pyridine rings is 1. The summed E-state index contributed by atoms with van der Waals surface area (Å²) < 4.78 is 0. The van der Waals surface area contributed by atoms with Crippen LogP contribution in [0.25, 0.3) is 0 Å². The van der Waals surface area contributed by atoms with Crippen molar-refractivity contribution in [3.05, 3.63) is 29.1 Å². The Morgan fingerprint density at radius 1 is 1.53 bits per heavy atom. The van der Waals surface area contributed by atoms with Crippen molar-refractivity contribution in [3.8, 4) is 6.07 Å². The van der Waals surface area contributed by atoms with Gasteiger partial charge in [0, 0.05) is 13.2 Å². The summed E-state index contributed by atoms with van der Waals surface area (Å²) in [7, 11) is 0. The van der Waals surface area contributed by atoms with Crippen LogP contribution in [0.1, 0.15) is 42.0 Å². The van der Waals surface area contributed by atoms with Crippen LogP contribution in [0.15, 0.2) is 12.1 Å². The van der Waals surface area contributed by atoms with E-state index in [9.17, 15) is 4.79 Å². The lowest BCUT2D eigenvalue weighted by atomic mass is 9.90. The van der Waals surface area contributed by atoms with Gasteiger partial charge in [-0.25, -0.2) is 4.98 Å². The van der Waals surface area contributed by atoms with Crippen LogP contribution in [-0.4, -0.2) is 29.1 Å². The maximum absolute atomic E-state index is 11.9. The van der Waals surface area contributed by atoms with Gasteiger partial charge < -0.3 is 10.4 Å². The molecular weight excluding hydrogens is 242 g/mol. The lowest BCUT2D eigenvalue weighted by molar-refractivity contribution is 0.0923. The van der Waals surface area contributed by atoms with Gasteiger partial charge in [-0.15, -0.1) is 0 Å². The number of nitrogens with zero attached hydrogens (tertiary/aromatic N) is 2. The second kappa shape index (κ2) is 6.30. The van der Waals surface area contributed by atoms with Crippen molar-refractivity contribution in [2.75, 3.05) is 13.2 Å². The standard InChI is InChI=1S/C14H19N3O2/c1-10-11(8-15)4-5-12(17-10)13(19)16-9-14(2,3)6-7-18/h4-5,18H,6-7,9H2,1-3H3,(H,16,19). The Hall–Kier alpha value is -1.93. The largest absolute Gasteiger partial charge is 0.396 e. The molecule has 1 rings (SSSR count). The van der Waals surface area contributed by atoms with Crippen molar-refractivity contribution < 1.29 is 9.90 Å². The second-order valence-electron chi connectivity index (χ2n) is 5.26. The zero-order valence-electron chi connectivity index (χ0n) is 11.5. The van der Waals surface area contributed by atoms with Crippen molar-refractivity contribution in [1.29, 1.82) is 5.26 Å². The topological polar surface area (TPSA) is 86.0 Å². The van der Waals surface area contributed by atoms with Crippen LogP contribution < -0.4 is 5.32 Å². The number of nitrogens with one attached hydrogen (secondary N) is 1. The lowest BCUT2D eigenvalue weighted by Crippen LogP contribution is -2.35. The number of carbonyl (C=O) groups is 1. The van der Waals surface area contributed by atoms with Crippen LogP contribution in [0.4, 0.5) is 0 Å². The number of hydrogen-bond donors (Lipinski definition) is 2. The molecule has 0 saturated heterocycles. The number of nitriles is 1. The molecule has 1 aromatic heterocycles. The summed E-state index contributed by atoms with van der Waals surface area (Å²) in [5.41, 5.74) is 1.16. The van der Waals surface area contributed by atoms with E-state index < -0.39 is 0 Å². The van der Waals surface area contributed by atoms with E-state index in [1.54, 1.807) is 19.1 Å². The quantitative estimate of drug-likeness (QED) is 0.838. The number of aromatic nitrogens is 1. The van der Waals surface area contributed by atoms with E-state index in [4.69, 9.17) is 10.4 Å². The smallest absolute Gasteiger partial charge is 0.269 e. The zero-order chi connectivity index (χ0) is 14.5. The Bertz CT molecular complexity index is 504. The molecule has 1 heterocycles. The minimum atomic E-state index is -0.265. The highest BCUT2D eigenvalue weighted by atomic mass is 16.3. The molecule has 102 valence electrons. The predicted octanol–water partition coefficient (Wildman–Crippen LogP) is 1.40. The predicted molar refractivity (Wildman–Crippen MR) is 71.5 cm³/mol. The molecule has 0 aliphatic carbocycles. The summed E-state index contributed by atoms with van der Waals surface area (Å²) >= 11 is 0.